The molecule has 3 fully saturated rings. The number of hydrogen-bond donors (Lipinski definition) is 1. The molecule has 0 aromatic heterocycles. The SMILES string of the molecule is CS(=O)(=O)N1CCCN(C(=O)C2C3CCC(C3)C2N)CC1.Cl. The zero-order valence-corrected chi connectivity index (χ0v) is 14.6. The molecule has 1 aliphatic heterocycles. The average Bonchev–Trinajstić information content (AvgIpc) is 2.88. The second-order valence-electron chi connectivity index (χ2n) is 6.78. The van der Waals surface area contributed by atoms with Crippen LogP contribution in [0.25, 0.3) is 0 Å². The van der Waals surface area contributed by atoms with Crippen molar-refractivity contribution in [3.63, 3.8) is 0 Å². The lowest BCUT2D eigenvalue weighted by Crippen LogP contribution is -2.48. The van der Waals surface area contributed by atoms with Gasteiger partial charge in [-0.15, -0.1) is 12.4 Å². The van der Waals surface area contributed by atoms with Gasteiger partial charge < -0.3 is 10.6 Å². The van der Waals surface area contributed by atoms with Gasteiger partial charge in [0.15, 0.2) is 0 Å². The maximum Gasteiger partial charge on any atom is 0.227 e. The molecule has 2 bridgehead atoms. The van der Waals surface area contributed by atoms with E-state index in [0.29, 0.717) is 44.4 Å². The topological polar surface area (TPSA) is 83.7 Å². The molecule has 3 aliphatic rings. The summed E-state index contributed by atoms with van der Waals surface area (Å²) in [5.74, 6) is 1.09. The van der Waals surface area contributed by atoms with Gasteiger partial charge in [-0.05, 0) is 37.5 Å². The highest BCUT2D eigenvalue weighted by Crippen LogP contribution is 2.48. The first-order valence-corrected chi connectivity index (χ1v) is 9.72. The molecule has 128 valence electrons. The van der Waals surface area contributed by atoms with Gasteiger partial charge in [-0.25, -0.2) is 12.7 Å². The Kier molecular flexibility index (Phi) is 5.42. The van der Waals surface area contributed by atoms with Gasteiger partial charge >= 0.3 is 0 Å². The molecule has 0 aromatic carbocycles. The monoisotopic (exact) mass is 351 g/mol. The molecule has 2 aliphatic carbocycles. The van der Waals surface area contributed by atoms with E-state index in [9.17, 15) is 13.2 Å². The van der Waals surface area contributed by atoms with Crippen LogP contribution in [0.4, 0.5) is 0 Å². The average molecular weight is 352 g/mol. The van der Waals surface area contributed by atoms with E-state index in [2.05, 4.69) is 0 Å². The van der Waals surface area contributed by atoms with Crippen molar-refractivity contribution in [2.24, 2.45) is 23.5 Å². The number of rotatable bonds is 2. The van der Waals surface area contributed by atoms with E-state index in [-0.39, 0.29) is 30.3 Å². The van der Waals surface area contributed by atoms with Crippen LogP contribution in [0.3, 0.4) is 0 Å². The number of fused-ring (bicyclic) bond motifs is 2. The number of halogens is 1. The normalized spacial score (nSPS) is 36.0. The van der Waals surface area contributed by atoms with Crippen LogP contribution in [-0.4, -0.2) is 62.0 Å². The largest absolute Gasteiger partial charge is 0.341 e. The number of nitrogens with zero attached hydrogens (tertiary/aromatic N) is 2. The van der Waals surface area contributed by atoms with E-state index >= 15 is 0 Å². The zero-order chi connectivity index (χ0) is 15.2. The fourth-order valence-electron chi connectivity index (χ4n) is 4.36. The van der Waals surface area contributed by atoms with Gasteiger partial charge in [-0.1, -0.05) is 0 Å². The first-order chi connectivity index (χ1) is 9.88. The predicted octanol–water partition coefficient (Wildman–Crippen LogP) is 0.276. The molecule has 4 unspecified atom stereocenters. The van der Waals surface area contributed by atoms with Crippen LogP contribution in [0.15, 0.2) is 0 Å². The van der Waals surface area contributed by atoms with Crippen molar-refractivity contribution in [1.82, 2.24) is 9.21 Å². The predicted molar refractivity (Wildman–Crippen MR) is 87.2 cm³/mol. The van der Waals surface area contributed by atoms with E-state index in [4.69, 9.17) is 5.73 Å². The lowest BCUT2D eigenvalue weighted by Gasteiger charge is -2.32. The van der Waals surface area contributed by atoms with Crippen molar-refractivity contribution in [3.05, 3.63) is 0 Å². The third-order valence-corrected chi connectivity index (χ3v) is 6.80. The third kappa shape index (κ3) is 3.27. The molecule has 1 saturated heterocycles. The summed E-state index contributed by atoms with van der Waals surface area (Å²) in [5, 5.41) is 0. The van der Waals surface area contributed by atoms with Crippen molar-refractivity contribution < 1.29 is 13.2 Å². The Morgan fingerprint density at radius 2 is 1.77 bits per heavy atom. The Morgan fingerprint density at radius 3 is 2.36 bits per heavy atom. The number of hydrogen-bond acceptors (Lipinski definition) is 4. The first kappa shape index (κ1) is 18.0. The van der Waals surface area contributed by atoms with Crippen molar-refractivity contribution in [2.45, 2.75) is 31.7 Å². The number of amides is 1. The van der Waals surface area contributed by atoms with Gasteiger partial charge in [0.2, 0.25) is 15.9 Å². The number of nitrogens with two attached hydrogens (primary N) is 1. The van der Waals surface area contributed by atoms with Crippen molar-refractivity contribution in [2.75, 3.05) is 32.4 Å². The minimum absolute atomic E-state index is 0. The van der Waals surface area contributed by atoms with Crippen molar-refractivity contribution in [3.8, 4) is 0 Å². The molecule has 1 heterocycles. The Bertz CT molecular complexity index is 525. The van der Waals surface area contributed by atoms with E-state index in [0.717, 1.165) is 19.3 Å². The lowest BCUT2D eigenvalue weighted by molar-refractivity contribution is -0.137. The fourth-order valence-corrected chi connectivity index (χ4v) is 5.23. The van der Waals surface area contributed by atoms with Crippen LogP contribution in [0.2, 0.25) is 0 Å². The Morgan fingerprint density at radius 1 is 1.09 bits per heavy atom. The van der Waals surface area contributed by atoms with Crippen molar-refractivity contribution in [1.29, 1.82) is 0 Å². The smallest absolute Gasteiger partial charge is 0.227 e. The third-order valence-electron chi connectivity index (χ3n) is 5.50. The van der Waals surface area contributed by atoms with E-state index in [1.54, 1.807) is 0 Å². The van der Waals surface area contributed by atoms with Gasteiger partial charge in [-0.3, -0.25) is 4.79 Å². The summed E-state index contributed by atoms with van der Waals surface area (Å²) in [6.45, 7) is 2.05. The minimum atomic E-state index is -3.17. The summed E-state index contributed by atoms with van der Waals surface area (Å²) >= 11 is 0. The van der Waals surface area contributed by atoms with Gasteiger partial charge in [0, 0.05) is 32.2 Å². The highest BCUT2D eigenvalue weighted by Gasteiger charge is 2.50. The summed E-state index contributed by atoms with van der Waals surface area (Å²) in [6, 6.07) is 0.00511. The van der Waals surface area contributed by atoms with Crippen LogP contribution in [0.1, 0.15) is 25.7 Å². The molecule has 1 amide bonds. The lowest BCUT2D eigenvalue weighted by atomic mass is 9.84. The Labute approximate surface area is 138 Å². The Hall–Kier alpha value is -0.370. The Balaban J connectivity index is 0.00000176. The second kappa shape index (κ2) is 6.63. The first-order valence-electron chi connectivity index (χ1n) is 7.87. The zero-order valence-electron chi connectivity index (χ0n) is 13.0. The summed E-state index contributed by atoms with van der Waals surface area (Å²) in [4.78, 5) is 14.6. The summed E-state index contributed by atoms with van der Waals surface area (Å²) in [7, 11) is -3.17. The van der Waals surface area contributed by atoms with Gasteiger partial charge in [0.1, 0.15) is 0 Å². The van der Waals surface area contributed by atoms with Crippen LogP contribution >= 0.6 is 12.4 Å². The molecule has 4 atom stereocenters. The number of sulfonamides is 1. The molecule has 22 heavy (non-hydrogen) atoms. The van der Waals surface area contributed by atoms with Gasteiger partial charge in [0.25, 0.3) is 0 Å². The minimum Gasteiger partial charge on any atom is -0.341 e. The molecule has 0 aromatic rings. The summed E-state index contributed by atoms with van der Waals surface area (Å²) in [5.41, 5.74) is 6.25. The maximum absolute atomic E-state index is 12.8. The summed E-state index contributed by atoms with van der Waals surface area (Å²) in [6.07, 6.45) is 5.32. The molecule has 8 heteroatoms. The fraction of sp³-hybridized carbons (Fsp3) is 0.929. The highest BCUT2D eigenvalue weighted by atomic mass is 35.5. The summed E-state index contributed by atoms with van der Waals surface area (Å²) < 4.78 is 24.7. The van der Waals surface area contributed by atoms with Crippen LogP contribution in [-0.2, 0) is 14.8 Å². The van der Waals surface area contributed by atoms with E-state index < -0.39 is 10.0 Å². The van der Waals surface area contributed by atoms with Crippen LogP contribution < -0.4 is 5.73 Å². The molecule has 2 saturated carbocycles. The van der Waals surface area contributed by atoms with Crippen LogP contribution in [0.5, 0.6) is 0 Å². The molecule has 0 radical (unpaired) electrons. The molecular formula is C14H26ClN3O3S. The van der Waals surface area contributed by atoms with Gasteiger partial charge in [0.05, 0.1) is 12.2 Å². The van der Waals surface area contributed by atoms with Crippen molar-refractivity contribution >= 4 is 28.3 Å². The van der Waals surface area contributed by atoms with Crippen LogP contribution in [0, 0.1) is 17.8 Å². The standard InChI is InChI=1S/C14H25N3O3S.ClH/c1-21(19,20)17-6-2-5-16(7-8-17)14(18)12-10-3-4-11(9-10)13(12)15;/h10-13H,2-9,15H2,1H3;1H. The number of carbonyl (C=O) groups excluding carboxylic acids is 1. The molecule has 6 nitrogen and oxygen atoms in total. The highest BCUT2D eigenvalue weighted by molar-refractivity contribution is 7.88. The molecule has 3 rings (SSSR count). The van der Waals surface area contributed by atoms with E-state index in [1.165, 1.54) is 10.6 Å². The number of carbonyl (C=O) groups is 1. The molecule has 2 N–H and O–H groups in total. The maximum atomic E-state index is 12.8. The molecule has 0 spiro atoms. The quantitative estimate of drug-likeness (QED) is 0.774. The van der Waals surface area contributed by atoms with E-state index in [1.807, 2.05) is 4.90 Å². The van der Waals surface area contributed by atoms with Gasteiger partial charge in [-0.2, -0.15) is 0 Å². The molecular weight excluding hydrogens is 326 g/mol. The second-order valence-corrected chi connectivity index (χ2v) is 8.76.